The Morgan fingerprint density at radius 3 is 2.15 bits per heavy atom. The molecule has 0 unspecified atom stereocenters. The van der Waals surface area contributed by atoms with Crippen molar-refractivity contribution >= 4 is 11.6 Å². The van der Waals surface area contributed by atoms with Gasteiger partial charge in [0, 0.05) is 12.6 Å². The lowest BCUT2D eigenvalue weighted by Gasteiger charge is -2.19. The van der Waals surface area contributed by atoms with Gasteiger partial charge in [0.2, 0.25) is 5.91 Å². The summed E-state index contributed by atoms with van der Waals surface area (Å²) in [6, 6.07) is 16.5. The fourth-order valence-corrected chi connectivity index (χ4v) is 2.14. The van der Waals surface area contributed by atoms with E-state index in [0.29, 0.717) is 0 Å². The number of hydrogen-bond donors (Lipinski definition) is 1. The molecule has 20 heavy (non-hydrogen) atoms. The fourth-order valence-electron chi connectivity index (χ4n) is 2.14. The second-order valence-electron chi connectivity index (χ2n) is 6.09. The van der Waals surface area contributed by atoms with E-state index in [0.717, 1.165) is 16.8 Å². The lowest BCUT2D eigenvalue weighted by molar-refractivity contribution is -0.114. The van der Waals surface area contributed by atoms with Gasteiger partial charge in [-0.05, 0) is 34.2 Å². The fraction of sp³-hybridized carbons (Fsp3) is 0.278. The van der Waals surface area contributed by atoms with Gasteiger partial charge in [0.15, 0.2) is 0 Å². The van der Waals surface area contributed by atoms with E-state index in [1.807, 2.05) is 18.2 Å². The van der Waals surface area contributed by atoms with Crippen molar-refractivity contribution in [1.82, 2.24) is 0 Å². The summed E-state index contributed by atoms with van der Waals surface area (Å²) in [4.78, 5) is 11.1. The Morgan fingerprint density at radius 1 is 0.950 bits per heavy atom. The monoisotopic (exact) mass is 267 g/mol. The number of rotatable bonds is 2. The van der Waals surface area contributed by atoms with E-state index in [4.69, 9.17) is 0 Å². The van der Waals surface area contributed by atoms with Crippen LogP contribution in [0.5, 0.6) is 0 Å². The van der Waals surface area contributed by atoms with Crippen LogP contribution < -0.4 is 5.32 Å². The number of benzene rings is 2. The van der Waals surface area contributed by atoms with Gasteiger partial charge in [0.1, 0.15) is 0 Å². The Kier molecular flexibility index (Phi) is 3.93. The summed E-state index contributed by atoms with van der Waals surface area (Å²) >= 11 is 0. The third-order valence-electron chi connectivity index (χ3n) is 3.27. The van der Waals surface area contributed by atoms with Gasteiger partial charge in [-0.3, -0.25) is 4.79 Å². The molecule has 0 radical (unpaired) electrons. The van der Waals surface area contributed by atoms with Crippen LogP contribution in [0.3, 0.4) is 0 Å². The minimum atomic E-state index is -0.0507. The quantitative estimate of drug-likeness (QED) is 0.845. The molecule has 2 aromatic carbocycles. The lowest BCUT2D eigenvalue weighted by Crippen LogP contribution is -2.10. The zero-order chi connectivity index (χ0) is 14.8. The first-order chi connectivity index (χ1) is 9.36. The van der Waals surface area contributed by atoms with Crippen LogP contribution >= 0.6 is 0 Å². The zero-order valence-corrected chi connectivity index (χ0v) is 12.5. The maximum Gasteiger partial charge on any atom is 0.221 e. The van der Waals surface area contributed by atoms with Gasteiger partial charge in [0.05, 0.1) is 0 Å². The van der Waals surface area contributed by atoms with E-state index >= 15 is 0 Å². The van der Waals surface area contributed by atoms with Gasteiger partial charge >= 0.3 is 0 Å². The number of nitrogens with one attached hydrogen (secondary N) is 1. The Labute approximate surface area is 120 Å². The largest absolute Gasteiger partial charge is 0.326 e. The first-order valence-electron chi connectivity index (χ1n) is 6.85. The molecule has 0 aliphatic rings. The van der Waals surface area contributed by atoms with E-state index in [1.54, 1.807) is 0 Å². The van der Waals surface area contributed by atoms with Crippen LogP contribution in [0.4, 0.5) is 5.69 Å². The van der Waals surface area contributed by atoms with Crippen LogP contribution in [0.25, 0.3) is 11.1 Å². The standard InChI is InChI=1S/C18H21NO/c1-13(20)19-17-7-5-6-15(12-17)14-8-10-16(11-9-14)18(2,3)4/h5-12H,1-4H3,(H,19,20). The molecule has 2 nitrogen and oxygen atoms in total. The molecule has 0 heterocycles. The summed E-state index contributed by atoms with van der Waals surface area (Å²) in [5, 5.41) is 2.81. The van der Waals surface area contributed by atoms with Crippen LogP contribution in [0.1, 0.15) is 33.3 Å². The highest BCUT2D eigenvalue weighted by atomic mass is 16.1. The van der Waals surface area contributed by atoms with Gasteiger partial charge in [-0.25, -0.2) is 0 Å². The third kappa shape index (κ3) is 3.47. The summed E-state index contributed by atoms with van der Waals surface area (Å²) in [5.74, 6) is -0.0507. The van der Waals surface area contributed by atoms with Crippen molar-refractivity contribution in [3.8, 4) is 11.1 Å². The minimum absolute atomic E-state index is 0.0507. The summed E-state index contributed by atoms with van der Waals surface area (Å²) in [7, 11) is 0. The Bertz CT molecular complexity index is 606. The van der Waals surface area contributed by atoms with Gasteiger partial charge < -0.3 is 5.32 Å². The first-order valence-corrected chi connectivity index (χ1v) is 6.85. The number of anilines is 1. The number of hydrogen-bond acceptors (Lipinski definition) is 1. The van der Waals surface area contributed by atoms with Crippen LogP contribution in [-0.4, -0.2) is 5.91 Å². The van der Waals surface area contributed by atoms with Gasteiger partial charge in [-0.2, -0.15) is 0 Å². The third-order valence-corrected chi connectivity index (χ3v) is 3.27. The SMILES string of the molecule is CC(=O)Nc1cccc(-c2ccc(C(C)(C)C)cc2)c1. The molecule has 2 aromatic rings. The Balaban J connectivity index is 2.30. The van der Waals surface area contributed by atoms with Crippen molar-refractivity contribution in [3.05, 3.63) is 54.1 Å². The molecule has 2 heteroatoms. The maximum atomic E-state index is 11.1. The first kappa shape index (κ1) is 14.3. The average Bonchev–Trinajstić information content (AvgIpc) is 2.37. The average molecular weight is 267 g/mol. The van der Waals surface area contributed by atoms with E-state index in [9.17, 15) is 4.79 Å². The van der Waals surface area contributed by atoms with Crippen molar-refractivity contribution < 1.29 is 4.79 Å². The number of carbonyl (C=O) groups is 1. The van der Waals surface area contributed by atoms with Crippen LogP contribution in [0.15, 0.2) is 48.5 Å². The molecule has 0 bridgehead atoms. The molecule has 0 aliphatic heterocycles. The summed E-state index contributed by atoms with van der Waals surface area (Å²) in [6.07, 6.45) is 0. The zero-order valence-electron chi connectivity index (χ0n) is 12.5. The molecule has 0 saturated carbocycles. The van der Waals surface area contributed by atoms with E-state index in [-0.39, 0.29) is 11.3 Å². The van der Waals surface area contributed by atoms with E-state index in [1.165, 1.54) is 12.5 Å². The highest BCUT2D eigenvalue weighted by Crippen LogP contribution is 2.27. The summed E-state index contributed by atoms with van der Waals surface area (Å²) < 4.78 is 0. The molecule has 0 aliphatic carbocycles. The molecule has 0 saturated heterocycles. The summed E-state index contributed by atoms with van der Waals surface area (Å²) in [5.41, 5.74) is 4.58. The molecule has 0 spiro atoms. The molecule has 104 valence electrons. The molecule has 0 fully saturated rings. The van der Waals surface area contributed by atoms with Gasteiger partial charge in [-0.15, -0.1) is 0 Å². The second kappa shape index (κ2) is 5.49. The van der Waals surface area contributed by atoms with Crippen LogP contribution in [-0.2, 0) is 10.2 Å². The number of carbonyl (C=O) groups excluding carboxylic acids is 1. The van der Waals surface area contributed by atoms with Crippen molar-refractivity contribution in [2.24, 2.45) is 0 Å². The number of amides is 1. The van der Waals surface area contributed by atoms with E-state index in [2.05, 4.69) is 56.4 Å². The van der Waals surface area contributed by atoms with Crippen molar-refractivity contribution in [2.75, 3.05) is 5.32 Å². The Morgan fingerprint density at radius 2 is 1.60 bits per heavy atom. The molecule has 2 rings (SSSR count). The van der Waals surface area contributed by atoms with Gasteiger partial charge in [-0.1, -0.05) is 57.2 Å². The molecule has 1 amide bonds. The predicted molar refractivity (Wildman–Crippen MR) is 84.9 cm³/mol. The molecular formula is C18H21NO. The van der Waals surface area contributed by atoms with E-state index < -0.39 is 0 Å². The van der Waals surface area contributed by atoms with Crippen LogP contribution in [0.2, 0.25) is 0 Å². The molecule has 0 aromatic heterocycles. The van der Waals surface area contributed by atoms with Crippen molar-refractivity contribution in [1.29, 1.82) is 0 Å². The smallest absolute Gasteiger partial charge is 0.221 e. The lowest BCUT2D eigenvalue weighted by atomic mass is 9.86. The molecular weight excluding hydrogens is 246 g/mol. The molecule has 0 atom stereocenters. The second-order valence-corrected chi connectivity index (χ2v) is 6.09. The van der Waals surface area contributed by atoms with Crippen molar-refractivity contribution in [3.63, 3.8) is 0 Å². The topological polar surface area (TPSA) is 29.1 Å². The minimum Gasteiger partial charge on any atom is -0.326 e. The van der Waals surface area contributed by atoms with Gasteiger partial charge in [0.25, 0.3) is 0 Å². The predicted octanol–water partition coefficient (Wildman–Crippen LogP) is 4.61. The Hall–Kier alpha value is -2.09. The van der Waals surface area contributed by atoms with Crippen molar-refractivity contribution in [2.45, 2.75) is 33.1 Å². The highest BCUT2D eigenvalue weighted by molar-refractivity contribution is 5.89. The maximum absolute atomic E-state index is 11.1. The highest BCUT2D eigenvalue weighted by Gasteiger charge is 2.13. The normalized spacial score (nSPS) is 11.2. The molecule has 1 N–H and O–H groups in total. The summed E-state index contributed by atoms with van der Waals surface area (Å²) in [6.45, 7) is 8.14. The van der Waals surface area contributed by atoms with Crippen LogP contribution in [0, 0.1) is 0 Å².